The molecule has 0 spiro atoms. The van der Waals surface area contributed by atoms with Gasteiger partial charge < -0.3 is 15.8 Å². The topological polar surface area (TPSA) is 88.1 Å². The molecule has 0 aliphatic heterocycles. The van der Waals surface area contributed by atoms with Gasteiger partial charge in [-0.2, -0.15) is 5.26 Å². The summed E-state index contributed by atoms with van der Waals surface area (Å²) in [4.78, 5) is 12.2. The number of amides is 1. The van der Waals surface area contributed by atoms with Crippen molar-refractivity contribution in [2.24, 2.45) is 5.73 Å². The van der Waals surface area contributed by atoms with Crippen molar-refractivity contribution < 1.29 is 9.53 Å². The molecule has 126 valence electrons. The fraction of sp³-hybridized carbons (Fsp3) is 0.529. The van der Waals surface area contributed by atoms with Gasteiger partial charge in [0.05, 0.1) is 25.3 Å². The highest BCUT2D eigenvalue weighted by Crippen LogP contribution is 2.12. The molecule has 23 heavy (non-hydrogen) atoms. The van der Waals surface area contributed by atoms with E-state index in [-0.39, 0.29) is 12.5 Å². The van der Waals surface area contributed by atoms with Crippen LogP contribution in [0.5, 0.6) is 0 Å². The Morgan fingerprint density at radius 1 is 1.39 bits per heavy atom. The minimum absolute atomic E-state index is 0.115. The van der Waals surface area contributed by atoms with E-state index in [4.69, 9.17) is 10.5 Å². The number of carbonyl (C=O) groups excluding carboxylic acids is 1. The van der Waals surface area contributed by atoms with E-state index in [0.29, 0.717) is 12.7 Å². The summed E-state index contributed by atoms with van der Waals surface area (Å²) >= 11 is 0. The SMILES string of the molecule is CC(C#N)(COCc1ccccc1)NC(=O)C(N)C[Si](C)(C)C. The molecule has 0 heterocycles. The van der Waals surface area contributed by atoms with Gasteiger partial charge in [0, 0.05) is 8.07 Å². The van der Waals surface area contributed by atoms with Gasteiger partial charge in [-0.25, -0.2) is 0 Å². The van der Waals surface area contributed by atoms with Crippen LogP contribution in [0.4, 0.5) is 0 Å². The fourth-order valence-corrected chi connectivity index (χ4v) is 3.67. The first-order valence-electron chi connectivity index (χ1n) is 7.76. The molecule has 0 aromatic heterocycles. The van der Waals surface area contributed by atoms with Crippen molar-refractivity contribution >= 4 is 14.0 Å². The van der Waals surface area contributed by atoms with Crippen LogP contribution < -0.4 is 11.1 Å². The van der Waals surface area contributed by atoms with E-state index in [1.54, 1.807) is 6.92 Å². The molecule has 0 saturated carbocycles. The van der Waals surface area contributed by atoms with E-state index < -0.39 is 19.7 Å². The van der Waals surface area contributed by atoms with Crippen LogP contribution in [0, 0.1) is 11.3 Å². The van der Waals surface area contributed by atoms with Crippen molar-refractivity contribution in [1.29, 1.82) is 5.26 Å². The summed E-state index contributed by atoms with van der Waals surface area (Å²) in [5.74, 6) is -0.292. The number of nitriles is 1. The highest BCUT2D eigenvalue weighted by atomic mass is 28.3. The molecule has 0 saturated heterocycles. The summed E-state index contributed by atoms with van der Waals surface area (Å²) in [6.45, 7) is 8.64. The van der Waals surface area contributed by atoms with Gasteiger partial charge >= 0.3 is 0 Å². The van der Waals surface area contributed by atoms with Gasteiger partial charge in [-0.15, -0.1) is 0 Å². The van der Waals surface area contributed by atoms with Gasteiger partial charge in [-0.05, 0) is 18.5 Å². The third-order valence-corrected chi connectivity index (χ3v) is 4.98. The Balaban J connectivity index is 2.53. The lowest BCUT2D eigenvalue weighted by Crippen LogP contribution is -2.54. The molecule has 5 nitrogen and oxygen atoms in total. The smallest absolute Gasteiger partial charge is 0.237 e. The van der Waals surface area contributed by atoms with Crippen LogP contribution in [0.15, 0.2) is 30.3 Å². The van der Waals surface area contributed by atoms with Gasteiger partial charge in [-0.1, -0.05) is 50.0 Å². The lowest BCUT2D eigenvalue weighted by atomic mass is 10.1. The number of ether oxygens (including phenoxy) is 1. The molecule has 0 aliphatic carbocycles. The Morgan fingerprint density at radius 3 is 2.52 bits per heavy atom. The van der Waals surface area contributed by atoms with E-state index in [1.165, 1.54) is 0 Å². The Kier molecular flexibility index (Phi) is 6.94. The minimum Gasteiger partial charge on any atom is -0.373 e. The normalized spacial score (nSPS) is 15.3. The monoisotopic (exact) mass is 333 g/mol. The van der Waals surface area contributed by atoms with Crippen molar-refractivity contribution in [3.05, 3.63) is 35.9 Å². The number of rotatable bonds is 8. The van der Waals surface area contributed by atoms with Gasteiger partial charge in [-0.3, -0.25) is 4.79 Å². The number of benzene rings is 1. The van der Waals surface area contributed by atoms with E-state index in [2.05, 4.69) is 31.0 Å². The number of nitrogens with one attached hydrogen (secondary N) is 1. The number of hydrogen-bond donors (Lipinski definition) is 2. The molecule has 1 aromatic rings. The van der Waals surface area contributed by atoms with Gasteiger partial charge in [0.1, 0.15) is 5.54 Å². The number of nitrogens with zero attached hydrogens (tertiary/aromatic N) is 1. The van der Waals surface area contributed by atoms with Crippen LogP contribution >= 0.6 is 0 Å². The molecule has 3 N–H and O–H groups in total. The molecular formula is C17H27N3O2Si. The molecule has 0 fully saturated rings. The maximum absolute atomic E-state index is 12.2. The lowest BCUT2D eigenvalue weighted by Gasteiger charge is -2.27. The summed E-state index contributed by atoms with van der Waals surface area (Å²) in [7, 11) is -1.44. The van der Waals surface area contributed by atoms with Crippen LogP contribution in [0.1, 0.15) is 12.5 Å². The average molecular weight is 334 g/mol. The number of nitrogens with two attached hydrogens (primary N) is 1. The Hall–Kier alpha value is -1.68. The van der Waals surface area contributed by atoms with E-state index in [1.807, 2.05) is 30.3 Å². The predicted octanol–water partition coefficient (Wildman–Crippen LogP) is 2.27. The molecule has 2 unspecified atom stereocenters. The second-order valence-corrected chi connectivity index (χ2v) is 12.8. The van der Waals surface area contributed by atoms with Crippen molar-refractivity contribution in [2.75, 3.05) is 6.61 Å². The first-order chi connectivity index (χ1) is 10.7. The third kappa shape index (κ3) is 7.42. The van der Waals surface area contributed by atoms with E-state index in [9.17, 15) is 10.1 Å². The average Bonchev–Trinajstić information content (AvgIpc) is 2.46. The standard InChI is InChI=1S/C17H27N3O2Si/c1-17(12-18,13-22-10-14-8-6-5-7-9-14)20-16(21)15(19)11-23(2,3)4/h5-9,15H,10-11,13,19H2,1-4H3,(H,20,21). The molecule has 0 bridgehead atoms. The van der Waals surface area contributed by atoms with E-state index >= 15 is 0 Å². The largest absolute Gasteiger partial charge is 0.373 e. The maximum atomic E-state index is 12.2. The number of hydrogen-bond acceptors (Lipinski definition) is 4. The molecule has 0 radical (unpaired) electrons. The van der Waals surface area contributed by atoms with Crippen LogP contribution in [0.25, 0.3) is 0 Å². The Bertz CT molecular complexity index is 551. The van der Waals surface area contributed by atoms with Crippen molar-refractivity contribution in [1.82, 2.24) is 5.32 Å². The van der Waals surface area contributed by atoms with Gasteiger partial charge in [0.15, 0.2) is 0 Å². The molecule has 1 rings (SSSR count). The summed E-state index contributed by atoms with van der Waals surface area (Å²) in [5.41, 5.74) is 5.90. The molecule has 1 amide bonds. The van der Waals surface area contributed by atoms with Crippen molar-refractivity contribution in [3.8, 4) is 6.07 Å². The zero-order chi connectivity index (χ0) is 17.5. The number of carbonyl (C=O) groups is 1. The van der Waals surface area contributed by atoms with Gasteiger partial charge in [0.2, 0.25) is 5.91 Å². The van der Waals surface area contributed by atoms with Crippen molar-refractivity contribution in [2.45, 2.75) is 50.8 Å². The Labute approximate surface area is 139 Å². The van der Waals surface area contributed by atoms with Crippen LogP contribution in [0.2, 0.25) is 25.7 Å². The van der Waals surface area contributed by atoms with E-state index in [0.717, 1.165) is 5.56 Å². The molecule has 2 atom stereocenters. The Morgan fingerprint density at radius 2 is 2.00 bits per heavy atom. The zero-order valence-corrected chi connectivity index (χ0v) is 15.4. The highest BCUT2D eigenvalue weighted by molar-refractivity contribution is 6.76. The fourth-order valence-electron chi connectivity index (χ4n) is 2.16. The zero-order valence-electron chi connectivity index (χ0n) is 14.4. The van der Waals surface area contributed by atoms with Crippen LogP contribution in [-0.4, -0.2) is 32.2 Å². The summed E-state index contributed by atoms with van der Waals surface area (Å²) in [6.07, 6.45) is 0. The molecular weight excluding hydrogens is 306 g/mol. The first kappa shape index (κ1) is 19.4. The van der Waals surface area contributed by atoms with Crippen molar-refractivity contribution in [3.63, 3.8) is 0 Å². The maximum Gasteiger partial charge on any atom is 0.237 e. The molecule has 0 aliphatic rings. The second kappa shape index (κ2) is 8.25. The lowest BCUT2D eigenvalue weighted by molar-refractivity contribution is -0.123. The molecule has 6 heteroatoms. The van der Waals surface area contributed by atoms with Gasteiger partial charge in [0.25, 0.3) is 0 Å². The summed E-state index contributed by atoms with van der Waals surface area (Å²) in [5, 5.41) is 12.1. The highest BCUT2D eigenvalue weighted by Gasteiger charge is 2.30. The summed E-state index contributed by atoms with van der Waals surface area (Å²) < 4.78 is 5.59. The second-order valence-electron chi connectivity index (χ2n) is 7.28. The quantitative estimate of drug-likeness (QED) is 0.714. The summed E-state index contributed by atoms with van der Waals surface area (Å²) in [6, 6.07) is 11.9. The third-order valence-electron chi connectivity index (χ3n) is 3.32. The molecule has 1 aromatic carbocycles. The van der Waals surface area contributed by atoms with Crippen LogP contribution in [0.3, 0.4) is 0 Å². The van der Waals surface area contributed by atoms with Crippen LogP contribution in [-0.2, 0) is 16.1 Å². The first-order valence-corrected chi connectivity index (χ1v) is 11.5. The minimum atomic E-state index is -1.44. The predicted molar refractivity (Wildman–Crippen MR) is 94.4 cm³/mol.